The third-order valence-corrected chi connectivity index (χ3v) is 3.42. The highest BCUT2D eigenvalue weighted by atomic mass is 32.1. The normalized spacial score (nSPS) is 11.6. The second kappa shape index (κ2) is 4.66. The molecule has 0 unspecified atom stereocenters. The lowest BCUT2D eigenvalue weighted by atomic mass is 9.87. The van der Waals surface area contributed by atoms with Crippen LogP contribution in [0.25, 0.3) is 0 Å². The van der Waals surface area contributed by atoms with E-state index >= 15 is 0 Å². The molecule has 0 amide bonds. The molecule has 0 aliphatic heterocycles. The Hall–Kier alpha value is -0.740. The van der Waals surface area contributed by atoms with Crippen LogP contribution in [-0.4, -0.2) is 16.3 Å². The van der Waals surface area contributed by atoms with Gasteiger partial charge in [-0.1, -0.05) is 13.8 Å². The van der Waals surface area contributed by atoms with Gasteiger partial charge in [-0.05, 0) is 12.8 Å². The number of nitrogens with zero attached hydrogens (tertiary/aromatic N) is 1. The number of ketones is 1. The molecule has 78 valence electrons. The van der Waals surface area contributed by atoms with Gasteiger partial charge in [0.15, 0.2) is 5.78 Å². The first kappa shape index (κ1) is 11.3. The predicted octanol–water partition coefficient (Wildman–Crippen LogP) is 1.77. The monoisotopic (exact) mass is 212 g/mol. The van der Waals surface area contributed by atoms with Gasteiger partial charge in [-0.3, -0.25) is 9.78 Å². The number of Topliss-reactive ketones (excluding diaryl/α,β-unsaturated/α-hetero) is 1. The number of hydrogen-bond acceptors (Lipinski definition) is 4. The van der Waals surface area contributed by atoms with E-state index in [0.717, 1.165) is 4.88 Å². The molecule has 0 aliphatic rings. The molecule has 1 aromatic heterocycles. The average Bonchev–Trinajstić information content (AvgIpc) is 2.69. The minimum atomic E-state index is -0.649. The summed E-state index contributed by atoms with van der Waals surface area (Å²) in [6, 6.07) is 0. The first-order valence-electron chi connectivity index (χ1n) is 4.82. The zero-order valence-corrected chi connectivity index (χ0v) is 9.43. The van der Waals surface area contributed by atoms with E-state index in [2.05, 4.69) is 4.98 Å². The first-order valence-corrected chi connectivity index (χ1v) is 5.70. The van der Waals surface area contributed by atoms with Gasteiger partial charge >= 0.3 is 0 Å². The Bertz CT molecular complexity index is 291. The summed E-state index contributed by atoms with van der Waals surface area (Å²) in [5.41, 5.74) is 7.08. The third kappa shape index (κ3) is 2.39. The molecular formula is C10H16N2OS. The van der Waals surface area contributed by atoms with Gasteiger partial charge in [0.1, 0.15) is 0 Å². The summed E-state index contributed by atoms with van der Waals surface area (Å²) in [6.07, 6.45) is 3.54. The van der Waals surface area contributed by atoms with E-state index in [1.807, 2.05) is 13.8 Å². The quantitative estimate of drug-likeness (QED) is 0.809. The van der Waals surface area contributed by atoms with Crippen molar-refractivity contribution in [3.8, 4) is 0 Å². The lowest BCUT2D eigenvalue weighted by Gasteiger charge is -2.24. The summed E-state index contributed by atoms with van der Waals surface area (Å²) in [5, 5.41) is 0. The Kier molecular flexibility index (Phi) is 3.77. The predicted molar refractivity (Wildman–Crippen MR) is 58.3 cm³/mol. The largest absolute Gasteiger partial charge is 0.319 e. The molecule has 0 atom stereocenters. The van der Waals surface area contributed by atoms with Gasteiger partial charge in [0, 0.05) is 17.5 Å². The van der Waals surface area contributed by atoms with Gasteiger partial charge in [-0.25, -0.2) is 0 Å². The zero-order chi connectivity index (χ0) is 10.6. The van der Waals surface area contributed by atoms with Gasteiger partial charge < -0.3 is 5.73 Å². The van der Waals surface area contributed by atoms with Crippen LogP contribution in [0, 0.1) is 0 Å². The molecule has 1 aromatic rings. The number of carbonyl (C=O) groups excluding carboxylic acids is 1. The van der Waals surface area contributed by atoms with Crippen molar-refractivity contribution in [2.24, 2.45) is 5.73 Å². The molecule has 0 aromatic carbocycles. The molecule has 0 saturated heterocycles. The summed E-state index contributed by atoms with van der Waals surface area (Å²) < 4.78 is 0. The fourth-order valence-electron chi connectivity index (χ4n) is 1.31. The second-order valence-corrected chi connectivity index (χ2v) is 4.40. The Morgan fingerprint density at radius 1 is 1.57 bits per heavy atom. The highest BCUT2D eigenvalue weighted by Gasteiger charge is 2.29. The van der Waals surface area contributed by atoms with E-state index < -0.39 is 5.54 Å². The van der Waals surface area contributed by atoms with Crippen LogP contribution >= 0.6 is 11.3 Å². The number of thiazole rings is 1. The van der Waals surface area contributed by atoms with Gasteiger partial charge in [0.05, 0.1) is 11.0 Å². The lowest BCUT2D eigenvalue weighted by molar-refractivity contribution is -0.123. The van der Waals surface area contributed by atoms with Crippen molar-refractivity contribution in [3.63, 3.8) is 0 Å². The summed E-state index contributed by atoms with van der Waals surface area (Å²) in [6.45, 7) is 3.90. The highest BCUT2D eigenvalue weighted by Crippen LogP contribution is 2.17. The van der Waals surface area contributed by atoms with E-state index in [4.69, 9.17) is 5.73 Å². The molecule has 0 saturated carbocycles. The Balaban J connectivity index is 2.66. The van der Waals surface area contributed by atoms with Crippen molar-refractivity contribution in [1.29, 1.82) is 0 Å². The highest BCUT2D eigenvalue weighted by molar-refractivity contribution is 7.09. The topological polar surface area (TPSA) is 56.0 Å². The third-order valence-electron chi connectivity index (χ3n) is 2.64. The minimum absolute atomic E-state index is 0.117. The maximum Gasteiger partial charge on any atom is 0.157 e. The maximum atomic E-state index is 11.8. The molecule has 0 radical (unpaired) electrons. The summed E-state index contributed by atoms with van der Waals surface area (Å²) in [7, 11) is 0. The fraction of sp³-hybridized carbons (Fsp3) is 0.600. The number of hydrogen-bond donors (Lipinski definition) is 1. The van der Waals surface area contributed by atoms with Crippen molar-refractivity contribution in [3.05, 3.63) is 16.6 Å². The van der Waals surface area contributed by atoms with Gasteiger partial charge in [0.25, 0.3) is 0 Å². The SMILES string of the molecule is CCC(N)(CC)C(=O)Cc1cncs1. The number of rotatable bonds is 5. The molecule has 2 N–H and O–H groups in total. The molecule has 3 nitrogen and oxygen atoms in total. The molecule has 0 aliphatic carbocycles. The van der Waals surface area contributed by atoms with Crippen molar-refractivity contribution in [2.75, 3.05) is 0 Å². The van der Waals surface area contributed by atoms with Crippen LogP contribution in [0.15, 0.2) is 11.7 Å². The molecule has 1 rings (SSSR count). The Morgan fingerprint density at radius 3 is 2.64 bits per heavy atom. The molecule has 14 heavy (non-hydrogen) atoms. The molecule has 0 bridgehead atoms. The van der Waals surface area contributed by atoms with Crippen LogP contribution in [0.5, 0.6) is 0 Å². The standard InChI is InChI=1S/C10H16N2OS/c1-3-10(11,4-2)9(13)5-8-6-12-7-14-8/h6-7H,3-5,11H2,1-2H3. The molecule has 4 heteroatoms. The summed E-state index contributed by atoms with van der Waals surface area (Å²) >= 11 is 1.50. The van der Waals surface area contributed by atoms with E-state index in [0.29, 0.717) is 19.3 Å². The van der Waals surface area contributed by atoms with Crippen LogP contribution in [0.4, 0.5) is 0 Å². The Morgan fingerprint density at radius 2 is 2.21 bits per heavy atom. The summed E-state index contributed by atoms with van der Waals surface area (Å²) in [5.74, 6) is 0.117. The second-order valence-electron chi connectivity index (χ2n) is 3.43. The fourth-order valence-corrected chi connectivity index (χ4v) is 1.90. The minimum Gasteiger partial charge on any atom is -0.319 e. The molecular weight excluding hydrogens is 196 g/mol. The van der Waals surface area contributed by atoms with Gasteiger partial charge in [-0.15, -0.1) is 11.3 Å². The van der Waals surface area contributed by atoms with E-state index in [9.17, 15) is 4.79 Å². The maximum absolute atomic E-state index is 11.8. The summed E-state index contributed by atoms with van der Waals surface area (Å²) in [4.78, 5) is 16.8. The first-order chi connectivity index (χ1) is 6.62. The number of nitrogens with two attached hydrogens (primary N) is 1. The van der Waals surface area contributed by atoms with E-state index in [1.165, 1.54) is 11.3 Å². The zero-order valence-electron chi connectivity index (χ0n) is 8.62. The van der Waals surface area contributed by atoms with E-state index in [-0.39, 0.29) is 5.78 Å². The molecule has 1 heterocycles. The van der Waals surface area contributed by atoms with Crippen LogP contribution in [0.2, 0.25) is 0 Å². The van der Waals surface area contributed by atoms with E-state index in [1.54, 1.807) is 11.7 Å². The molecule has 0 spiro atoms. The Labute approximate surface area is 88.3 Å². The average molecular weight is 212 g/mol. The van der Waals surface area contributed by atoms with Crippen LogP contribution in [-0.2, 0) is 11.2 Å². The number of aromatic nitrogens is 1. The van der Waals surface area contributed by atoms with Crippen molar-refractivity contribution in [1.82, 2.24) is 4.98 Å². The van der Waals surface area contributed by atoms with Crippen LogP contribution in [0.1, 0.15) is 31.6 Å². The number of carbonyl (C=O) groups is 1. The van der Waals surface area contributed by atoms with Gasteiger partial charge in [0.2, 0.25) is 0 Å². The van der Waals surface area contributed by atoms with Crippen LogP contribution < -0.4 is 5.73 Å². The molecule has 0 fully saturated rings. The smallest absolute Gasteiger partial charge is 0.157 e. The van der Waals surface area contributed by atoms with Crippen molar-refractivity contribution in [2.45, 2.75) is 38.6 Å². The van der Waals surface area contributed by atoms with Crippen molar-refractivity contribution < 1.29 is 4.79 Å². The van der Waals surface area contributed by atoms with Crippen molar-refractivity contribution >= 4 is 17.1 Å². The van der Waals surface area contributed by atoms with Crippen LogP contribution in [0.3, 0.4) is 0 Å². The lowest BCUT2D eigenvalue weighted by Crippen LogP contribution is -2.47. The van der Waals surface area contributed by atoms with Gasteiger partial charge in [-0.2, -0.15) is 0 Å².